The number of carbonyl (C=O) groups excluding carboxylic acids is 1. The van der Waals surface area contributed by atoms with Crippen LogP contribution in [0.4, 0.5) is 0 Å². The van der Waals surface area contributed by atoms with E-state index in [-0.39, 0.29) is 43.0 Å². The van der Waals surface area contributed by atoms with E-state index in [1.54, 1.807) is 0 Å². The molecule has 1 saturated heterocycles. The number of ether oxygens (including phenoxy) is 1. The average Bonchev–Trinajstić information content (AvgIpc) is 2.71. The van der Waals surface area contributed by atoms with Crippen molar-refractivity contribution < 1.29 is 14.6 Å². The Balaban J connectivity index is 0.00000480. The summed E-state index contributed by atoms with van der Waals surface area (Å²) in [6, 6.07) is 7.43. The Hall–Kier alpha value is -1.10. The number of aliphatic hydroxyl groups is 1. The summed E-state index contributed by atoms with van der Waals surface area (Å²) in [5.41, 5.74) is 0.929. The van der Waals surface area contributed by atoms with Gasteiger partial charge in [-0.25, -0.2) is 0 Å². The number of benzene rings is 1. The lowest BCUT2D eigenvalue weighted by Gasteiger charge is -2.36. The van der Waals surface area contributed by atoms with Gasteiger partial charge in [-0.2, -0.15) is 0 Å². The smallest absolute Gasteiger partial charge is 0.227 e. The molecule has 1 amide bonds. The van der Waals surface area contributed by atoms with Crippen LogP contribution in [-0.4, -0.2) is 85.4 Å². The number of nitrogens with one attached hydrogen (secondary N) is 1. The van der Waals surface area contributed by atoms with Crippen molar-refractivity contribution in [2.75, 3.05) is 52.5 Å². The molecule has 1 fully saturated rings. The van der Waals surface area contributed by atoms with Crippen molar-refractivity contribution >= 4 is 47.4 Å². The zero-order valence-corrected chi connectivity index (χ0v) is 21.8. The van der Waals surface area contributed by atoms with Crippen LogP contribution >= 0.6 is 35.6 Å². The van der Waals surface area contributed by atoms with Gasteiger partial charge in [0.2, 0.25) is 5.91 Å². The molecule has 1 aliphatic heterocycles. The Morgan fingerprint density at radius 1 is 1.23 bits per heavy atom. The summed E-state index contributed by atoms with van der Waals surface area (Å²) in [6.07, 6.45) is -0.268. The molecule has 0 radical (unpaired) electrons. The Morgan fingerprint density at radius 3 is 2.52 bits per heavy atom. The second-order valence-electron chi connectivity index (χ2n) is 7.95. The Bertz CT molecular complexity index is 697. The highest BCUT2D eigenvalue weighted by molar-refractivity contribution is 14.0. The summed E-state index contributed by atoms with van der Waals surface area (Å²) in [4.78, 5) is 21.2. The molecule has 1 aromatic carbocycles. The minimum atomic E-state index is -0.627. The first-order chi connectivity index (χ1) is 14.4. The van der Waals surface area contributed by atoms with Gasteiger partial charge in [-0.3, -0.25) is 9.79 Å². The maximum atomic E-state index is 12.6. The molecule has 1 aliphatic rings. The molecule has 0 aliphatic carbocycles. The standard InChI is InChI=1S/C22H35ClN4O3.HI/c1-4-24-22(25-14-20(28)16-30-15-17(2)3)27-10-8-26(9-11-27)21(29)13-18-6-5-7-19(23)12-18;/h5-7,12,17,20,28H,4,8-11,13-16H2,1-3H3,(H,24,25);1H. The number of piperazine rings is 1. The first-order valence-electron chi connectivity index (χ1n) is 10.7. The first-order valence-corrected chi connectivity index (χ1v) is 11.1. The highest BCUT2D eigenvalue weighted by Crippen LogP contribution is 2.13. The highest BCUT2D eigenvalue weighted by atomic mass is 127. The molecular weight excluding hydrogens is 531 g/mol. The predicted molar refractivity (Wildman–Crippen MR) is 136 cm³/mol. The van der Waals surface area contributed by atoms with Gasteiger partial charge in [0.15, 0.2) is 5.96 Å². The number of aliphatic hydroxyl groups excluding tert-OH is 1. The summed E-state index contributed by atoms with van der Waals surface area (Å²) in [5.74, 6) is 1.31. The predicted octanol–water partition coefficient (Wildman–Crippen LogP) is 2.64. The Labute approximate surface area is 208 Å². The lowest BCUT2D eigenvalue weighted by Crippen LogP contribution is -2.54. The maximum Gasteiger partial charge on any atom is 0.227 e. The van der Waals surface area contributed by atoms with E-state index in [1.807, 2.05) is 36.1 Å². The van der Waals surface area contributed by atoms with Gasteiger partial charge in [0.1, 0.15) is 0 Å². The normalized spacial score (nSPS) is 15.6. The van der Waals surface area contributed by atoms with Gasteiger partial charge in [0.05, 0.1) is 25.7 Å². The Kier molecular flexibility index (Phi) is 13.4. The lowest BCUT2D eigenvalue weighted by atomic mass is 10.1. The molecule has 7 nitrogen and oxygen atoms in total. The van der Waals surface area contributed by atoms with Gasteiger partial charge in [-0.15, -0.1) is 24.0 Å². The van der Waals surface area contributed by atoms with Crippen LogP contribution in [0.25, 0.3) is 0 Å². The number of amides is 1. The number of carbonyl (C=O) groups is 1. The van der Waals surface area contributed by atoms with Gasteiger partial charge in [-0.05, 0) is 30.5 Å². The zero-order chi connectivity index (χ0) is 21.9. The number of guanidine groups is 1. The highest BCUT2D eigenvalue weighted by Gasteiger charge is 2.23. The van der Waals surface area contributed by atoms with E-state index >= 15 is 0 Å². The van der Waals surface area contributed by atoms with Crippen molar-refractivity contribution in [3.05, 3.63) is 34.9 Å². The Morgan fingerprint density at radius 2 is 1.90 bits per heavy atom. The van der Waals surface area contributed by atoms with Crippen molar-refractivity contribution in [1.29, 1.82) is 0 Å². The van der Waals surface area contributed by atoms with Crippen molar-refractivity contribution in [2.24, 2.45) is 10.9 Å². The van der Waals surface area contributed by atoms with E-state index in [1.165, 1.54) is 0 Å². The topological polar surface area (TPSA) is 77.4 Å². The van der Waals surface area contributed by atoms with Crippen LogP contribution in [0.5, 0.6) is 0 Å². The third-order valence-electron chi connectivity index (χ3n) is 4.72. The molecule has 1 unspecified atom stereocenters. The number of nitrogens with zero attached hydrogens (tertiary/aromatic N) is 3. The first kappa shape index (κ1) is 27.9. The number of aliphatic imine (C=N–C) groups is 1. The van der Waals surface area contributed by atoms with E-state index in [0.717, 1.165) is 18.1 Å². The van der Waals surface area contributed by atoms with Gasteiger partial charge >= 0.3 is 0 Å². The van der Waals surface area contributed by atoms with Crippen molar-refractivity contribution in [1.82, 2.24) is 15.1 Å². The minimum Gasteiger partial charge on any atom is -0.389 e. The maximum absolute atomic E-state index is 12.6. The monoisotopic (exact) mass is 566 g/mol. The third-order valence-corrected chi connectivity index (χ3v) is 4.96. The van der Waals surface area contributed by atoms with E-state index in [0.29, 0.717) is 50.1 Å². The summed E-state index contributed by atoms with van der Waals surface area (Å²) in [5, 5.41) is 14.0. The van der Waals surface area contributed by atoms with Crippen molar-refractivity contribution in [3.8, 4) is 0 Å². The van der Waals surface area contributed by atoms with Gasteiger partial charge in [0, 0.05) is 44.4 Å². The summed E-state index contributed by atoms with van der Waals surface area (Å²) >= 11 is 6.01. The molecule has 176 valence electrons. The largest absolute Gasteiger partial charge is 0.389 e. The fourth-order valence-electron chi connectivity index (χ4n) is 3.21. The van der Waals surface area contributed by atoms with Crippen LogP contribution in [0.3, 0.4) is 0 Å². The summed E-state index contributed by atoms with van der Waals surface area (Å²) < 4.78 is 5.49. The number of hydrogen-bond acceptors (Lipinski definition) is 4. The van der Waals surface area contributed by atoms with Crippen molar-refractivity contribution in [2.45, 2.75) is 33.3 Å². The third kappa shape index (κ3) is 10.4. The van der Waals surface area contributed by atoms with Crippen LogP contribution in [0.1, 0.15) is 26.3 Å². The van der Waals surface area contributed by atoms with E-state index in [4.69, 9.17) is 16.3 Å². The number of halogens is 2. The van der Waals surface area contributed by atoms with Crippen molar-refractivity contribution in [3.63, 3.8) is 0 Å². The molecular formula is C22H36ClIN4O3. The molecule has 1 aromatic rings. The van der Waals surface area contributed by atoms with Crippen LogP contribution < -0.4 is 5.32 Å². The minimum absolute atomic E-state index is 0. The fraction of sp³-hybridized carbons (Fsp3) is 0.636. The second-order valence-corrected chi connectivity index (χ2v) is 8.39. The SMILES string of the molecule is CCNC(=NCC(O)COCC(C)C)N1CCN(C(=O)Cc2cccc(Cl)c2)CC1.I. The molecule has 1 atom stereocenters. The van der Waals surface area contributed by atoms with Crippen LogP contribution in [0.15, 0.2) is 29.3 Å². The molecule has 31 heavy (non-hydrogen) atoms. The van der Waals surface area contributed by atoms with Gasteiger partial charge < -0.3 is 25.0 Å². The summed E-state index contributed by atoms with van der Waals surface area (Å²) in [7, 11) is 0. The van der Waals surface area contributed by atoms with Crippen LogP contribution in [0, 0.1) is 5.92 Å². The average molecular weight is 567 g/mol. The molecule has 9 heteroatoms. The van der Waals surface area contributed by atoms with E-state index in [2.05, 4.69) is 29.1 Å². The quantitative estimate of drug-likeness (QED) is 0.273. The molecule has 2 rings (SSSR count). The summed E-state index contributed by atoms with van der Waals surface area (Å²) in [6.45, 7) is 10.8. The second kappa shape index (κ2) is 14.9. The van der Waals surface area contributed by atoms with E-state index in [9.17, 15) is 9.90 Å². The van der Waals surface area contributed by atoms with Gasteiger partial charge in [0.25, 0.3) is 0 Å². The fourth-order valence-corrected chi connectivity index (χ4v) is 3.42. The molecule has 1 heterocycles. The van der Waals surface area contributed by atoms with Crippen LogP contribution in [-0.2, 0) is 16.0 Å². The molecule has 0 saturated carbocycles. The number of rotatable bonds is 9. The van der Waals surface area contributed by atoms with Crippen LogP contribution in [0.2, 0.25) is 5.02 Å². The lowest BCUT2D eigenvalue weighted by molar-refractivity contribution is -0.131. The van der Waals surface area contributed by atoms with Gasteiger partial charge in [-0.1, -0.05) is 37.6 Å². The molecule has 0 aromatic heterocycles. The molecule has 2 N–H and O–H groups in total. The zero-order valence-electron chi connectivity index (χ0n) is 18.7. The van der Waals surface area contributed by atoms with E-state index < -0.39 is 6.10 Å². The molecule has 0 spiro atoms. The number of hydrogen-bond donors (Lipinski definition) is 2. The molecule has 0 bridgehead atoms.